The zero-order chi connectivity index (χ0) is 30.0. The molecule has 2 fully saturated rings. The predicted octanol–water partition coefficient (Wildman–Crippen LogP) is 6.66. The molecule has 4 heterocycles. The third-order valence-corrected chi connectivity index (χ3v) is 9.29. The summed E-state index contributed by atoms with van der Waals surface area (Å²) < 4.78 is 41.2. The smallest absolute Gasteiger partial charge is 0.416 e. The van der Waals surface area contributed by atoms with Crippen LogP contribution in [0.25, 0.3) is 11.3 Å². The molecule has 2 aromatic heterocycles. The molecule has 43 heavy (non-hydrogen) atoms. The predicted molar refractivity (Wildman–Crippen MR) is 160 cm³/mol. The first-order valence-corrected chi connectivity index (χ1v) is 15.0. The van der Waals surface area contributed by atoms with Gasteiger partial charge < -0.3 is 10.0 Å². The van der Waals surface area contributed by atoms with E-state index in [1.807, 2.05) is 4.90 Å². The maximum absolute atomic E-state index is 13.7. The highest BCUT2D eigenvalue weighted by atomic mass is 32.1. The van der Waals surface area contributed by atoms with Crippen LogP contribution < -0.4 is 4.90 Å². The summed E-state index contributed by atoms with van der Waals surface area (Å²) >= 11 is 1.36. The number of alkyl halides is 3. The van der Waals surface area contributed by atoms with E-state index in [4.69, 9.17) is 4.98 Å². The van der Waals surface area contributed by atoms with Crippen molar-refractivity contribution in [2.45, 2.75) is 78.6 Å². The fourth-order valence-corrected chi connectivity index (χ4v) is 6.79. The number of thiazole rings is 1. The first-order chi connectivity index (χ1) is 20.0. The van der Waals surface area contributed by atoms with E-state index in [2.05, 4.69) is 21.8 Å². The number of Topliss-reactive ketones (excluding diaryl/α,β-unsaturated/α-hetero) is 1. The fraction of sp³-hybridized carbons (Fsp3) is 0.516. The zero-order valence-electron chi connectivity index (χ0n) is 23.7. The van der Waals surface area contributed by atoms with Gasteiger partial charge in [0.1, 0.15) is 16.5 Å². The van der Waals surface area contributed by atoms with Gasteiger partial charge in [0.2, 0.25) is 0 Å². The largest absolute Gasteiger partial charge is 0.481 e. The molecule has 5 rings (SSSR count). The molecule has 2 aliphatic rings. The number of aromatic nitrogens is 3. The number of aliphatic carboxylic acids is 1. The number of nitrogens with zero attached hydrogens (tertiary/aromatic N) is 5. The highest BCUT2D eigenvalue weighted by molar-refractivity contribution is 7.12. The highest BCUT2D eigenvalue weighted by Gasteiger charge is 2.33. The number of anilines is 1. The van der Waals surface area contributed by atoms with Crippen molar-refractivity contribution in [1.29, 1.82) is 0 Å². The fourth-order valence-electron chi connectivity index (χ4n) is 5.67. The number of rotatable bonds is 8. The molecule has 8 nitrogen and oxygen atoms in total. The molecule has 0 saturated carbocycles. The van der Waals surface area contributed by atoms with E-state index < -0.39 is 17.7 Å². The zero-order valence-corrected chi connectivity index (χ0v) is 24.5. The molecule has 3 aromatic rings. The molecule has 0 bridgehead atoms. The normalized spacial score (nSPS) is 18.3. The van der Waals surface area contributed by atoms with Crippen molar-refractivity contribution in [2.75, 3.05) is 24.5 Å². The van der Waals surface area contributed by atoms with Crippen LogP contribution in [0.3, 0.4) is 0 Å². The molecule has 232 valence electrons. The Hall–Kier alpha value is -3.38. The molecule has 0 radical (unpaired) electrons. The van der Waals surface area contributed by atoms with Crippen molar-refractivity contribution in [3.8, 4) is 11.3 Å². The van der Waals surface area contributed by atoms with E-state index in [1.165, 1.54) is 36.7 Å². The van der Waals surface area contributed by atoms with Gasteiger partial charge in [0.25, 0.3) is 0 Å². The molecule has 0 amide bonds. The Bertz CT molecular complexity index is 1440. The van der Waals surface area contributed by atoms with E-state index in [-0.39, 0.29) is 36.8 Å². The van der Waals surface area contributed by atoms with E-state index >= 15 is 0 Å². The number of carboxylic acid groups (broad SMARTS) is 1. The maximum Gasteiger partial charge on any atom is 0.416 e. The summed E-state index contributed by atoms with van der Waals surface area (Å²) in [7, 11) is 0. The monoisotopic (exact) mass is 617 g/mol. The van der Waals surface area contributed by atoms with Gasteiger partial charge in [-0.1, -0.05) is 26.0 Å². The Balaban J connectivity index is 0.00000423. The number of hydrogen-bond acceptors (Lipinski definition) is 8. The number of carbonyl (C=O) groups is 2. The molecule has 2 aliphatic heterocycles. The van der Waals surface area contributed by atoms with E-state index in [1.54, 1.807) is 6.07 Å². The van der Waals surface area contributed by atoms with E-state index in [0.29, 0.717) is 60.6 Å². The van der Waals surface area contributed by atoms with Gasteiger partial charge in [-0.2, -0.15) is 13.2 Å². The van der Waals surface area contributed by atoms with Crippen LogP contribution in [0.2, 0.25) is 0 Å². The van der Waals surface area contributed by atoms with Crippen molar-refractivity contribution in [1.82, 2.24) is 19.9 Å². The summed E-state index contributed by atoms with van der Waals surface area (Å²) in [4.78, 5) is 42.9. The Morgan fingerprint density at radius 1 is 1.07 bits per heavy atom. The van der Waals surface area contributed by atoms with Crippen LogP contribution in [-0.4, -0.2) is 62.4 Å². The van der Waals surface area contributed by atoms with Gasteiger partial charge in [-0.3, -0.25) is 14.5 Å². The second-order valence-electron chi connectivity index (χ2n) is 11.2. The van der Waals surface area contributed by atoms with Gasteiger partial charge in [0, 0.05) is 36.1 Å². The third-order valence-electron chi connectivity index (χ3n) is 8.25. The Morgan fingerprint density at radius 3 is 2.44 bits per heavy atom. The lowest BCUT2D eigenvalue weighted by Gasteiger charge is -2.33. The van der Waals surface area contributed by atoms with Gasteiger partial charge in [-0.25, -0.2) is 15.0 Å². The lowest BCUT2D eigenvalue weighted by molar-refractivity contribution is -0.142. The Kier molecular flexibility index (Phi) is 10.2. The van der Waals surface area contributed by atoms with Gasteiger partial charge in [-0.05, 0) is 57.7 Å². The maximum atomic E-state index is 13.7. The number of aryl methyl sites for hydroxylation is 1. The van der Waals surface area contributed by atoms with Crippen LogP contribution in [0.5, 0.6) is 0 Å². The minimum atomic E-state index is -4.48. The quantitative estimate of drug-likeness (QED) is 0.280. The van der Waals surface area contributed by atoms with Crippen molar-refractivity contribution >= 4 is 28.9 Å². The summed E-state index contributed by atoms with van der Waals surface area (Å²) in [6.45, 7) is 6.17. The lowest BCUT2D eigenvalue weighted by atomic mass is 9.97. The van der Waals surface area contributed by atoms with Crippen molar-refractivity contribution in [3.63, 3.8) is 0 Å². The molecular weight excluding hydrogens is 579 g/mol. The molecule has 1 aromatic carbocycles. The topological polar surface area (TPSA) is 99.5 Å². The molecule has 1 atom stereocenters. The van der Waals surface area contributed by atoms with Crippen LogP contribution in [0.15, 0.2) is 30.6 Å². The molecule has 12 heteroatoms. The van der Waals surface area contributed by atoms with E-state index in [0.717, 1.165) is 36.8 Å². The molecule has 0 aliphatic carbocycles. The summed E-state index contributed by atoms with van der Waals surface area (Å²) in [6.07, 6.45) is 2.75. The molecular formula is C31H38F3N5O3S. The van der Waals surface area contributed by atoms with Gasteiger partial charge in [-0.15, -0.1) is 11.3 Å². The number of likely N-dealkylation sites (tertiary alicyclic amines) is 1. The standard InChI is InChI=1S/C30H34F3N5O3S.CH4/c1-18-6-7-21(13-22(18)30(31,32)33)28-25(17-38-10-4-3-5-19(38)2)42-27(36-28)14-24(39)23-15-35-26(16-34-23)37-11-8-20(9-12-37)29(40)41;/h6-7,13,15-16,19-20H,3-5,8-12,14,17H2,1-2H3,(H,40,41);1H4/t19-;/m1./s1. The average molecular weight is 618 g/mol. The number of benzene rings is 1. The van der Waals surface area contributed by atoms with E-state index in [9.17, 15) is 27.9 Å². The second-order valence-corrected chi connectivity index (χ2v) is 12.3. The minimum Gasteiger partial charge on any atom is -0.481 e. The molecule has 2 saturated heterocycles. The SMILES string of the molecule is C.Cc1ccc(-c2nc(CC(=O)c3cnc(N4CCC(C(=O)O)CC4)cn3)sc2CN2CCCC[C@H]2C)cc1C(F)(F)F. The number of piperidine rings is 2. The lowest BCUT2D eigenvalue weighted by Crippen LogP contribution is -2.36. The first-order valence-electron chi connectivity index (χ1n) is 14.2. The van der Waals surface area contributed by atoms with Crippen LogP contribution in [0.1, 0.15) is 78.0 Å². The number of carboxylic acids is 1. The highest BCUT2D eigenvalue weighted by Crippen LogP contribution is 2.37. The number of ketones is 1. The Labute approximate surface area is 254 Å². The van der Waals surface area contributed by atoms with Crippen LogP contribution in [0.4, 0.5) is 19.0 Å². The van der Waals surface area contributed by atoms with Crippen molar-refractivity contribution < 1.29 is 27.9 Å². The van der Waals surface area contributed by atoms with Crippen LogP contribution >= 0.6 is 11.3 Å². The Morgan fingerprint density at radius 2 is 1.81 bits per heavy atom. The van der Waals surface area contributed by atoms with Gasteiger partial charge >= 0.3 is 12.1 Å². The van der Waals surface area contributed by atoms with Crippen LogP contribution in [-0.2, 0) is 23.9 Å². The molecule has 0 unspecified atom stereocenters. The summed E-state index contributed by atoms with van der Waals surface area (Å²) in [5, 5.41) is 9.73. The van der Waals surface area contributed by atoms with Crippen molar-refractivity contribution in [3.05, 3.63) is 57.3 Å². The summed E-state index contributed by atoms with van der Waals surface area (Å²) in [6, 6.07) is 4.64. The third kappa shape index (κ3) is 7.59. The van der Waals surface area contributed by atoms with Gasteiger partial charge in [0.05, 0.1) is 36.0 Å². The van der Waals surface area contributed by atoms with Gasteiger partial charge in [0.15, 0.2) is 5.78 Å². The van der Waals surface area contributed by atoms with Crippen LogP contribution in [0, 0.1) is 12.8 Å². The van der Waals surface area contributed by atoms with Crippen molar-refractivity contribution in [2.24, 2.45) is 5.92 Å². The second kappa shape index (κ2) is 13.5. The summed E-state index contributed by atoms with van der Waals surface area (Å²) in [5.74, 6) is -0.841. The molecule has 1 N–H and O–H groups in total. The number of hydrogen-bond donors (Lipinski definition) is 1. The minimum absolute atomic E-state index is 0. The summed E-state index contributed by atoms with van der Waals surface area (Å²) in [5.41, 5.74) is 0.509. The average Bonchev–Trinajstić information content (AvgIpc) is 3.35. The first kappa shape index (κ1) is 32.5. The number of carbonyl (C=O) groups excluding carboxylic acids is 1. The number of halogens is 3. The molecule has 0 spiro atoms.